The summed E-state index contributed by atoms with van der Waals surface area (Å²) in [5, 5.41) is 6.10. The Labute approximate surface area is 155 Å². The first-order chi connectivity index (χ1) is 12.7. The minimum Gasteiger partial charge on any atom is -0.335 e. The standard InChI is InChI=1S/C20H30N4O2/c25-19(21-17-7-3-1-4-8-17)11-12-23-13-15-24(16-14-23)20(26)22-18-9-5-2-6-10-18/h1,3-4,7-8,18H,2,5-6,9-16H2,(H,21,25)(H,22,26). The van der Waals surface area contributed by atoms with Crippen molar-refractivity contribution in [3.05, 3.63) is 30.3 Å². The Hall–Kier alpha value is -2.08. The quantitative estimate of drug-likeness (QED) is 0.850. The van der Waals surface area contributed by atoms with Gasteiger partial charge in [0.15, 0.2) is 0 Å². The monoisotopic (exact) mass is 358 g/mol. The van der Waals surface area contributed by atoms with Crippen LogP contribution in [0.25, 0.3) is 0 Å². The second kappa shape index (κ2) is 9.57. The number of hydrogen-bond acceptors (Lipinski definition) is 3. The van der Waals surface area contributed by atoms with Crippen molar-refractivity contribution in [2.24, 2.45) is 0 Å². The molecule has 1 aromatic carbocycles. The van der Waals surface area contributed by atoms with E-state index in [1.54, 1.807) is 0 Å². The highest BCUT2D eigenvalue weighted by atomic mass is 16.2. The fraction of sp³-hybridized carbons (Fsp3) is 0.600. The SMILES string of the molecule is O=C(CCN1CCN(C(=O)NC2CCCCC2)CC1)Nc1ccccc1. The molecular weight excluding hydrogens is 328 g/mol. The van der Waals surface area contributed by atoms with Gasteiger partial charge in [-0.2, -0.15) is 0 Å². The Bertz CT molecular complexity index is 579. The van der Waals surface area contributed by atoms with Gasteiger partial charge in [-0.3, -0.25) is 9.69 Å². The lowest BCUT2D eigenvalue weighted by molar-refractivity contribution is -0.116. The summed E-state index contributed by atoms with van der Waals surface area (Å²) in [6.45, 7) is 3.86. The summed E-state index contributed by atoms with van der Waals surface area (Å²) in [5.41, 5.74) is 0.835. The number of hydrogen-bond donors (Lipinski definition) is 2. The number of rotatable bonds is 5. The van der Waals surface area contributed by atoms with Crippen molar-refractivity contribution in [1.82, 2.24) is 15.1 Å². The predicted octanol–water partition coefficient (Wildman–Crippen LogP) is 2.68. The number of amides is 3. The smallest absolute Gasteiger partial charge is 0.317 e. The van der Waals surface area contributed by atoms with E-state index < -0.39 is 0 Å². The van der Waals surface area contributed by atoms with Gasteiger partial charge >= 0.3 is 6.03 Å². The number of benzene rings is 1. The van der Waals surface area contributed by atoms with E-state index in [-0.39, 0.29) is 11.9 Å². The van der Waals surface area contributed by atoms with Gasteiger partial charge in [0.05, 0.1) is 0 Å². The van der Waals surface area contributed by atoms with Crippen LogP contribution in [-0.4, -0.2) is 60.5 Å². The Morgan fingerprint density at radius 3 is 2.35 bits per heavy atom. The number of carbonyl (C=O) groups excluding carboxylic acids is 2. The largest absolute Gasteiger partial charge is 0.335 e. The van der Waals surface area contributed by atoms with E-state index in [2.05, 4.69) is 15.5 Å². The normalized spacial score (nSPS) is 19.2. The summed E-state index contributed by atoms with van der Waals surface area (Å²) in [4.78, 5) is 28.6. The van der Waals surface area contributed by atoms with Gasteiger partial charge in [0.25, 0.3) is 0 Å². The molecule has 1 aliphatic heterocycles. The Kier molecular flexibility index (Phi) is 6.89. The van der Waals surface area contributed by atoms with Crippen molar-refractivity contribution in [2.45, 2.75) is 44.6 Å². The second-order valence-electron chi connectivity index (χ2n) is 7.28. The van der Waals surface area contributed by atoms with Crippen LogP contribution < -0.4 is 10.6 Å². The molecule has 0 atom stereocenters. The topological polar surface area (TPSA) is 64.7 Å². The molecule has 3 rings (SSSR count). The van der Waals surface area contributed by atoms with Crippen molar-refractivity contribution in [2.75, 3.05) is 38.0 Å². The molecule has 0 spiro atoms. The average molecular weight is 358 g/mol. The van der Waals surface area contributed by atoms with E-state index in [1.807, 2.05) is 35.2 Å². The third-order valence-corrected chi connectivity index (χ3v) is 5.30. The molecule has 1 heterocycles. The highest BCUT2D eigenvalue weighted by Gasteiger charge is 2.23. The lowest BCUT2D eigenvalue weighted by Crippen LogP contribution is -2.53. The molecule has 0 bridgehead atoms. The van der Waals surface area contributed by atoms with Gasteiger partial charge in [-0.1, -0.05) is 37.5 Å². The van der Waals surface area contributed by atoms with Gasteiger partial charge in [0.2, 0.25) is 5.91 Å². The number of urea groups is 1. The Morgan fingerprint density at radius 1 is 0.962 bits per heavy atom. The minimum atomic E-state index is 0.0358. The molecule has 1 saturated carbocycles. The highest BCUT2D eigenvalue weighted by Crippen LogP contribution is 2.17. The van der Waals surface area contributed by atoms with E-state index in [0.717, 1.165) is 51.3 Å². The van der Waals surface area contributed by atoms with E-state index in [1.165, 1.54) is 19.3 Å². The van der Waals surface area contributed by atoms with Crippen molar-refractivity contribution in [3.63, 3.8) is 0 Å². The molecule has 6 nitrogen and oxygen atoms in total. The van der Waals surface area contributed by atoms with Crippen LogP contribution >= 0.6 is 0 Å². The van der Waals surface area contributed by atoms with Gasteiger partial charge in [0.1, 0.15) is 0 Å². The van der Waals surface area contributed by atoms with E-state index in [4.69, 9.17) is 0 Å². The molecule has 2 N–H and O–H groups in total. The highest BCUT2D eigenvalue weighted by molar-refractivity contribution is 5.90. The molecule has 1 saturated heterocycles. The molecule has 1 aliphatic carbocycles. The van der Waals surface area contributed by atoms with Gasteiger partial charge in [-0.15, -0.1) is 0 Å². The zero-order valence-corrected chi connectivity index (χ0v) is 15.5. The molecule has 0 radical (unpaired) electrons. The third-order valence-electron chi connectivity index (χ3n) is 5.30. The first-order valence-electron chi connectivity index (χ1n) is 9.83. The molecule has 2 fully saturated rings. The predicted molar refractivity (Wildman–Crippen MR) is 103 cm³/mol. The van der Waals surface area contributed by atoms with Crippen LogP contribution in [0.5, 0.6) is 0 Å². The zero-order valence-electron chi connectivity index (χ0n) is 15.5. The first kappa shape index (κ1) is 18.7. The maximum atomic E-state index is 12.4. The number of nitrogens with one attached hydrogen (secondary N) is 2. The number of anilines is 1. The second-order valence-corrected chi connectivity index (χ2v) is 7.28. The summed E-state index contributed by atoms with van der Waals surface area (Å²) >= 11 is 0. The van der Waals surface area contributed by atoms with Crippen LogP contribution in [-0.2, 0) is 4.79 Å². The molecule has 6 heteroatoms. The lowest BCUT2D eigenvalue weighted by atomic mass is 9.96. The third kappa shape index (κ3) is 5.73. The molecule has 2 aliphatic rings. The maximum absolute atomic E-state index is 12.4. The summed E-state index contributed by atoms with van der Waals surface area (Å²) in [6.07, 6.45) is 6.45. The number of carbonyl (C=O) groups is 2. The summed E-state index contributed by atoms with van der Waals surface area (Å²) < 4.78 is 0. The van der Waals surface area contributed by atoms with Crippen molar-refractivity contribution >= 4 is 17.6 Å². The van der Waals surface area contributed by atoms with Gasteiger partial charge < -0.3 is 15.5 Å². The van der Waals surface area contributed by atoms with Crippen LogP contribution in [0.4, 0.5) is 10.5 Å². The molecule has 142 valence electrons. The zero-order chi connectivity index (χ0) is 18.2. The molecule has 1 aromatic rings. The van der Waals surface area contributed by atoms with Crippen LogP contribution in [0.1, 0.15) is 38.5 Å². The average Bonchev–Trinajstić information content (AvgIpc) is 2.68. The van der Waals surface area contributed by atoms with Crippen LogP contribution in [0.15, 0.2) is 30.3 Å². The van der Waals surface area contributed by atoms with Gasteiger partial charge in [-0.25, -0.2) is 4.79 Å². The lowest BCUT2D eigenvalue weighted by Gasteiger charge is -2.35. The van der Waals surface area contributed by atoms with Crippen molar-refractivity contribution in [1.29, 1.82) is 0 Å². The van der Waals surface area contributed by atoms with Crippen molar-refractivity contribution < 1.29 is 9.59 Å². The first-order valence-corrected chi connectivity index (χ1v) is 9.83. The minimum absolute atomic E-state index is 0.0358. The van der Waals surface area contributed by atoms with Crippen LogP contribution in [0.3, 0.4) is 0 Å². The summed E-state index contributed by atoms with van der Waals surface area (Å²) in [5.74, 6) is 0.0358. The van der Waals surface area contributed by atoms with E-state index in [0.29, 0.717) is 12.5 Å². The Morgan fingerprint density at radius 2 is 1.65 bits per heavy atom. The van der Waals surface area contributed by atoms with Gasteiger partial charge in [-0.05, 0) is 25.0 Å². The molecule has 0 aromatic heterocycles. The summed E-state index contributed by atoms with van der Waals surface area (Å²) in [6, 6.07) is 9.97. The number of nitrogens with zero attached hydrogens (tertiary/aromatic N) is 2. The van der Waals surface area contributed by atoms with Gasteiger partial charge in [0, 0.05) is 50.9 Å². The van der Waals surface area contributed by atoms with Crippen LogP contribution in [0.2, 0.25) is 0 Å². The van der Waals surface area contributed by atoms with E-state index >= 15 is 0 Å². The molecule has 26 heavy (non-hydrogen) atoms. The summed E-state index contributed by atoms with van der Waals surface area (Å²) in [7, 11) is 0. The fourth-order valence-corrected chi connectivity index (χ4v) is 3.69. The van der Waals surface area contributed by atoms with E-state index in [9.17, 15) is 9.59 Å². The molecule has 0 unspecified atom stereocenters. The maximum Gasteiger partial charge on any atom is 0.317 e. The molecule has 3 amide bonds. The number of piperazine rings is 1. The number of para-hydroxylation sites is 1. The molecular formula is C20H30N4O2. The Balaban J connectivity index is 1.33. The van der Waals surface area contributed by atoms with Crippen LogP contribution in [0, 0.1) is 0 Å². The fourth-order valence-electron chi connectivity index (χ4n) is 3.69. The van der Waals surface area contributed by atoms with Crippen molar-refractivity contribution in [3.8, 4) is 0 Å².